The van der Waals surface area contributed by atoms with Gasteiger partial charge in [-0.05, 0) is 18.2 Å². The first kappa shape index (κ1) is 16.4. The molecule has 0 aliphatic rings. The van der Waals surface area contributed by atoms with Gasteiger partial charge in [0.25, 0.3) is 5.69 Å². The van der Waals surface area contributed by atoms with Crippen LogP contribution in [0, 0.1) is 15.9 Å². The number of carbonyl (C=O) groups is 1. The molecular formula is C15H14FN3O4. The van der Waals surface area contributed by atoms with E-state index in [1.165, 1.54) is 42.5 Å². The molecule has 2 rings (SSSR count). The molecule has 2 aromatic rings. The molecule has 0 aromatic heterocycles. The summed E-state index contributed by atoms with van der Waals surface area (Å²) in [6.07, 6.45) is -1.18. The van der Waals surface area contributed by atoms with Crippen molar-refractivity contribution in [1.82, 2.24) is 5.32 Å². The number of aliphatic hydroxyl groups is 1. The lowest BCUT2D eigenvalue weighted by atomic mass is 10.1. The summed E-state index contributed by atoms with van der Waals surface area (Å²) in [5.74, 6) is -0.558. The number of amides is 2. The zero-order chi connectivity index (χ0) is 16.8. The maximum Gasteiger partial charge on any atom is 0.319 e. The van der Waals surface area contributed by atoms with Gasteiger partial charge in [-0.3, -0.25) is 10.1 Å². The van der Waals surface area contributed by atoms with Crippen molar-refractivity contribution in [2.75, 3.05) is 11.9 Å². The Bertz CT molecular complexity index is 706. The molecule has 8 heteroatoms. The number of halogens is 1. The lowest BCUT2D eigenvalue weighted by molar-refractivity contribution is -0.384. The third kappa shape index (κ3) is 4.48. The van der Waals surface area contributed by atoms with Crippen molar-refractivity contribution in [3.63, 3.8) is 0 Å². The fourth-order valence-corrected chi connectivity index (χ4v) is 1.89. The standard InChI is InChI=1S/C15H14FN3O4/c16-13-4-2-1-3-12(13)14(20)9-17-15(21)18-10-5-7-11(8-6-10)19(22)23/h1-8,14,20H,9H2,(H2,17,18,21)/t14-/m0/s1. The van der Waals surface area contributed by atoms with Crippen LogP contribution in [-0.4, -0.2) is 22.6 Å². The van der Waals surface area contributed by atoms with Gasteiger partial charge in [-0.1, -0.05) is 18.2 Å². The quantitative estimate of drug-likeness (QED) is 0.582. The first-order valence-electron chi connectivity index (χ1n) is 6.69. The van der Waals surface area contributed by atoms with Crippen molar-refractivity contribution in [3.05, 3.63) is 70.0 Å². The van der Waals surface area contributed by atoms with Crippen molar-refractivity contribution >= 4 is 17.4 Å². The van der Waals surface area contributed by atoms with Crippen molar-refractivity contribution in [2.24, 2.45) is 0 Å². The van der Waals surface area contributed by atoms with Crippen LogP contribution in [-0.2, 0) is 0 Å². The molecule has 0 heterocycles. The van der Waals surface area contributed by atoms with Gasteiger partial charge in [-0.25, -0.2) is 9.18 Å². The molecule has 3 N–H and O–H groups in total. The molecule has 0 saturated heterocycles. The number of hydrogen-bond donors (Lipinski definition) is 3. The number of anilines is 1. The van der Waals surface area contributed by atoms with Crippen LogP contribution < -0.4 is 10.6 Å². The molecule has 0 aliphatic heterocycles. The summed E-state index contributed by atoms with van der Waals surface area (Å²) in [6.45, 7) is -0.181. The number of nitro groups is 1. The summed E-state index contributed by atoms with van der Waals surface area (Å²) in [4.78, 5) is 21.7. The molecule has 2 aromatic carbocycles. The van der Waals surface area contributed by atoms with Crippen LogP contribution >= 0.6 is 0 Å². The molecular weight excluding hydrogens is 305 g/mol. The van der Waals surface area contributed by atoms with Crippen molar-refractivity contribution in [2.45, 2.75) is 6.10 Å². The van der Waals surface area contributed by atoms with Crippen LogP contribution in [0.2, 0.25) is 0 Å². The third-order valence-electron chi connectivity index (χ3n) is 3.06. The zero-order valence-electron chi connectivity index (χ0n) is 11.9. The number of nitro benzene ring substituents is 1. The number of non-ortho nitro benzene ring substituents is 1. The fraction of sp³-hybridized carbons (Fsp3) is 0.133. The number of urea groups is 1. The largest absolute Gasteiger partial charge is 0.386 e. The molecule has 0 saturated carbocycles. The summed E-state index contributed by atoms with van der Waals surface area (Å²) in [7, 11) is 0. The molecule has 0 bridgehead atoms. The van der Waals surface area contributed by atoms with Crippen molar-refractivity contribution < 1.29 is 19.2 Å². The Morgan fingerprint density at radius 3 is 2.48 bits per heavy atom. The molecule has 23 heavy (non-hydrogen) atoms. The molecule has 2 amide bonds. The second-order valence-corrected chi connectivity index (χ2v) is 4.68. The number of hydrogen-bond acceptors (Lipinski definition) is 4. The summed E-state index contributed by atoms with van der Waals surface area (Å²) in [5, 5.41) is 25.2. The van der Waals surface area contributed by atoms with E-state index in [9.17, 15) is 24.4 Å². The van der Waals surface area contributed by atoms with Gasteiger partial charge >= 0.3 is 6.03 Å². The topological polar surface area (TPSA) is 104 Å². The second-order valence-electron chi connectivity index (χ2n) is 4.68. The smallest absolute Gasteiger partial charge is 0.319 e. The van der Waals surface area contributed by atoms with Crippen LogP contribution in [0.5, 0.6) is 0 Å². The molecule has 7 nitrogen and oxygen atoms in total. The number of nitrogens with zero attached hydrogens (tertiary/aromatic N) is 1. The fourth-order valence-electron chi connectivity index (χ4n) is 1.89. The van der Waals surface area contributed by atoms with E-state index in [1.54, 1.807) is 6.07 Å². The van der Waals surface area contributed by atoms with Gasteiger partial charge in [0.05, 0.1) is 11.0 Å². The van der Waals surface area contributed by atoms with E-state index in [1.807, 2.05) is 0 Å². The Morgan fingerprint density at radius 1 is 1.22 bits per heavy atom. The predicted molar refractivity (Wildman–Crippen MR) is 81.5 cm³/mol. The lowest BCUT2D eigenvalue weighted by Crippen LogP contribution is -2.32. The van der Waals surface area contributed by atoms with E-state index in [0.717, 1.165) is 0 Å². The molecule has 0 radical (unpaired) electrons. The molecule has 1 atom stereocenters. The first-order chi connectivity index (χ1) is 11.0. The zero-order valence-corrected chi connectivity index (χ0v) is 11.9. The third-order valence-corrected chi connectivity index (χ3v) is 3.06. The minimum Gasteiger partial charge on any atom is -0.386 e. The predicted octanol–water partition coefficient (Wildman–Crippen LogP) is 2.59. The number of carbonyl (C=O) groups excluding carboxylic acids is 1. The number of aliphatic hydroxyl groups excluding tert-OH is 1. The molecule has 120 valence electrons. The Morgan fingerprint density at radius 2 is 1.87 bits per heavy atom. The van der Waals surface area contributed by atoms with E-state index in [-0.39, 0.29) is 17.8 Å². The number of benzene rings is 2. The Kier molecular flexibility index (Phi) is 5.21. The summed E-state index contributed by atoms with van der Waals surface area (Å²) in [6, 6.07) is 10.4. The van der Waals surface area contributed by atoms with E-state index >= 15 is 0 Å². The second kappa shape index (κ2) is 7.32. The number of nitrogens with one attached hydrogen (secondary N) is 2. The van der Waals surface area contributed by atoms with Gasteiger partial charge in [-0.2, -0.15) is 0 Å². The summed E-state index contributed by atoms with van der Waals surface area (Å²) < 4.78 is 13.5. The summed E-state index contributed by atoms with van der Waals surface area (Å²) >= 11 is 0. The maximum absolute atomic E-state index is 13.5. The normalized spacial score (nSPS) is 11.6. The van der Waals surface area contributed by atoms with Gasteiger partial charge in [0.2, 0.25) is 0 Å². The van der Waals surface area contributed by atoms with Crippen LogP contribution in [0.25, 0.3) is 0 Å². The minimum absolute atomic E-state index is 0.0862. The van der Waals surface area contributed by atoms with Crippen LogP contribution in [0.15, 0.2) is 48.5 Å². The van der Waals surface area contributed by atoms with E-state index in [0.29, 0.717) is 5.69 Å². The SMILES string of the molecule is O=C(NC[C@H](O)c1ccccc1F)Nc1ccc([N+](=O)[O-])cc1. The Labute approximate surface area is 130 Å². The Hall–Kier alpha value is -3.00. The summed E-state index contributed by atoms with van der Waals surface area (Å²) in [5.41, 5.74) is 0.350. The molecule has 0 aliphatic carbocycles. The highest BCUT2D eigenvalue weighted by atomic mass is 19.1. The average molecular weight is 319 g/mol. The first-order valence-corrected chi connectivity index (χ1v) is 6.69. The van der Waals surface area contributed by atoms with Gasteiger partial charge in [-0.15, -0.1) is 0 Å². The van der Waals surface area contributed by atoms with E-state index in [2.05, 4.69) is 10.6 Å². The number of rotatable bonds is 5. The molecule has 0 spiro atoms. The molecule has 0 unspecified atom stereocenters. The average Bonchev–Trinajstić information content (AvgIpc) is 2.53. The van der Waals surface area contributed by atoms with Gasteiger partial charge in [0, 0.05) is 29.9 Å². The van der Waals surface area contributed by atoms with Crippen LogP contribution in [0.3, 0.4) is 0 Å². The highest BCUT2D eigenvalue weighted by molar-refractivity contribution is 5.89. The highest BCUT2D eigenvalue weighted by Crippen LogP contribution is 2.17. The van der Waals surface area contributed by atoms with Gasteiger partial charge < -0.3 is 15.7 Å². The Balaban J connectivity index is 1.87. The van der Waals surface area contributed by atoms with Gasteiger partial charge in [0.15, 0.2) is 0 Å². The van der Waals surface area contributed by atoms with Crippen LogP contribution in [0.1, 0.15) is 11.7 Å². The van der Waals surface area contributed by atoms with Crippen molar-refractivity contribution in [3.8, 4) is 0 Å². The van der Waals surface area contributed by atoms with Crippen molar-refractivity contribution in [1.29, 1.82) is 0 Å². The van der Waals surface area contributed by atoms with E-state index in [4.69, 9.17) is 0 Å². The van der Waals surface area contributed by atoms with Crippen LogP contribution in [0.4, 0.5) is 20.6 Å². The van der Waals surface area contributed by atoms with Gasteiger partial charge in [0.1, 0.15) is 5.82 Å². The lowest BCUT2D eigenvalue weighted by Gasteiger charge is -2.13. The van der Waals surface area contributed by atoms with E-state index < -0.39 is 22.9 Å². The monoisotopic (exact) mass is 319 g/mol. The highest BCUT2D eigenvalue weighted by Gasteiger charge is 2.13. The molecule has 0 fully saturated rings. The minimum atomic E-state index is -1.18. The maximum atomic E-state index is 13.5.